The van der Waals surface area contributed by atoms with Crippen LogP contribution in [0.4, 0.5) is 0 Å². The van der Waals surface area contributed by atoms with Crippen LogP contribution in [0, 0.1) is 0 Å². The number of carboxylic acid groups (broad SMARTS) is 1. The van der Waals surface area contributed by atoms with Gasteiger partial charge >= 0.3 is 5.97 Å². The van der Waals surface area contributed by atoms with E-state index < -0.39 is 25.5 Å². The third-order valence-electron chi connectivity index (χ3n) is 4.70. The first kappa shape index (κ1) is 29.0. The van der Waals surface area contributed by atoms with Crippen LogP contribution in [0.1, 0.15) is 90.4 Å². The zero-order valence-corrected chi connectivity index (χ0v) is 20.8. The van der Waals surface area contributed by atoms with Crippen LogP contribution in [0.2, 0.25) is 0 Å². The first-order valence-electron chi connectivity index (χ1n) is 11.2. The van der Waals surface area contributed by atoms with Crippen molar-refractivity contribution in [2.45, 2.75) is 103 Å². The lowest BCUT2D eigenvalue weighted by atomic mass is 10.1. The van der Waals surface area contributed by atoms with Crippen LogP contribution in [-0.2, 0) is 25.6 Å². The van der Waals surface area contributed by atoms with Gasteiger partial charge in [-0.1, -0.05) is 71.1 Å². The summed E-state index contributed by atoms with van der Waals surface area (Å²) in [7, 11) is 3.80. The van der Waals surface area contributed by atoms with Crippen LogP contribution in [0.3, 0.4) is 0 Å². The van der Waals surface area contributed by atoms with E-state index in [4.69, 9.17) is 26.0 Å². The monoisotopic (exact) mass is 454 g/mol. The summed E-state index contributed by atoms with van der Waals surface area (Å²) in [4.78, 5) is 11.0. The Balaban J connectivity index is 3.82. The molecule has 2 N–H and O–H groups in total. The molecule has 0 saturated heterocycles. The molecule has 0 spiro atoms. The van der Waals surface area contributed by atoms with Crippen molar-refractivity contribution in [3.63, 3.8) is 0 Å². The van der Waals surface area contributed by atoms with Gasteiger partial charge in [-0.15, -0.1) is 0 Å². The molecule has 174 valence electrons. The van der Waals surface area contributed by atoms with E-state index in [0.717, 1.165) is 12.8 Å². The Kier molecular flexibility index (Phi) is 17.6. The Labute approximate surface area is 184 Å². The van der Waals surface area contributed by atoms with Crippen molar-refractivity contribution >= 4 is 24.9 Å². The predicted molar refractivity (Wildman–Crippen MR) is 124 cm³/mol. The molecule has 0 aromatic heterocycles. The maximum Gasteiger partial charge on any atom is 0.306 e. The molecule has 8 heteroatoms. The second-order valence-corrected chi connectivity index (χ2v) is 10.9. The summed E-state index contributed by atoms with van der Waals surface area (Å²) in [6.45, 7) is 2.77. The van der Waals surface area contributed by atoms with Gasteiger partial charge in [-0.3, -0.25) is 4.79 Å². The van der Waals surface area contributed by atoms with Crippen LogP contribution >= 0.6 is 7.15 Å². The summed E-state index contributed by atoms with van der Waals surface area (Å²) in [5, 5.41) is 19.1. The topological polar surface area (TPSA) is 76.0 Å². The fraction of sp³-hybridized carbons (Fsp3) is 0.952. The first-order valence-corrected chi connectivity index (χ1v) is 13.7. The Morgan fingerprint density at radius 3 is 1.86 bits per heavy atom. The van der Waals surface area contributed by atoms with Crippen molar-refractivity contribution in [1.82, 2.24) is 0 Å². The van der Waals surface area contributed by atoms with Gasteiger partial charge in [-0.05, 0) is 24.6 Å². The molecule has 0 aromatic carbocycles. The fourth-order valence-corrected chi connectivity index (χ4v) is 4.83. The van der Waals surface area contributed by atoms with E-state index in [-0.39, 0.29) is 6.42 Å². The molecule has 0 aromatic rings. The number of unbranched alkanes of at least 4 members (excludes halogenated alkanes) is 10. The maximum absolute atomic E-state index is 11.0. The number of nitrogens with zero attached hydrogens (tertiary/aromatic N) is 1. The van der Waals surface area contributed by atoms with Crippen molar-refractivity contribution in [3.8, 4) is 0 Å². The van der Waals surface area contributed by atoms with E-state index in [1.165, 1.54) is 57.8 Å². The van der Waals surface area contributed by atoms with Gasteiger partial charge in [0.1, 0.15) is 12.6 Å². The normalized spacial score (nSPS) is 15.2. The summed E-state index contributed by atoms with van der Waals surface area (Å²) in [6.07, 6.45) is 12.8. The van der Waals surface area contributed by atoms with Crippen molar-refractivity contribution in [3.05, 3.63) is 0 Å². The van der Waals surface area contributed by atoms with E-state index in [0.29, 0.717) is 17.4 Å². The highest BCUT2D eigenvalue weighted by Crippen LogP contribution is 2.31. The highest BCUT2D eigenvalue weighted by molar-refractivity contribution is 8.00. The molecule has 6 nitrogen and oxygen atoms in total. The molecule has 0 saturated carbocycles. The summed E-state index contributed by atoms with van der Waals surface area (Å²) in [5.41, 5.74) is 0. The second-order valence-electron chi connectivity index (χ2n) is 8.96. The van der Waals surface area contributed by atoms with Crippen LogP contribution in [0.15, 0.2) is 0 Å². The number of carboxylic acids is 1. The Bertz CT molecular complexity index is 445. The molecule has 29 heavy (non-hydrogen) atoms. The molecule has 0 aliphatic carbocycles. The smallest absolute Gasteiger partial charge is 0.306 e. The fourth-order valence-electron chi connectivity index (χ4n) is 3.27. The van der Waals surface area contributed by atoms with Gasteiger partial charge in [0.25, 0.3) is 0 Å². The number of aliphatic hydroxyl groups is 1. The van der Waals surface area contributed by atoms with E-state index in [9.17, 15) is 9.90 Å². The number of aliphatic carboxylic acids is 1. The Morgan fingerprint density at radius 2 is 1.41 bits per heavy atom. The summed E-state index contributed by atoms with van der Waals surface area (Å²) >= 11 is 5.22. The highest BCUT2D eigenvalue weighted by atomic mass is 32.4. The molecule has 0 rings (SSSR count). The average Bonchev–Trinajstić information content (AvgIpc) is 2.57. The molecular formula is C21H45NO5PS+. The van der Waals surface area contributed by atoms with Crippen LogP contribution in [0.5, 0.6) is 0 Å². The highest BCUT2D eigenvalue weighted by Gasteiger charge is 2.23. The third-order valence-corrected chi connectivity index (χ3v) is 6.27. The van der Waals surface area contributed by atoms with E-state index in [1.54, 1.807) is 0 Å². The van der Waals surface area contributed by atoms with Crippen molar-refractivity contribution < 1.29 is 28.5 Å². The van der Waals surface area contributed by atoms with Crippen LogP contribution < -0.4 is 0 Å². The average molecular weight is 455 g/mol. The van der Waals surface area contributed by atoms with Gasteiger partial charge < -0.3 is 23.7 Å². The molecule has 0 amide bonds. The maximum atomic E-state index is 11.0. The lowest BCUT2D eigenvalue weighted by Gasteiger charge is -2.29. The lowest BCUT2D eigenvalue weighted by molar-refractivity contribution is -0.873. The van der Waals surface area contributed by atoms with Gasteiger partial charge in [0.15, 0.2) is 13.4 Å². The number of hydrogen-bond acceptors (Lipinski definition) is 5. The number of carbonyl (C=O) groups is 1. The van der Waals surface area contributed by atoms with Crippen LogP contribution in [0.25, 0.3) is 0 Å². The van der Waals surface area contributed by atoms with E-state index in [2.05, 4.69) is 6.92 Å². The lowest BCUT2D eigenvalue weighted by Crippen LogP contribution is -2.42. The van der Waals surface area contributed by atoms with E-state index in [1.807, 2.05) is 21.1 Å². The van der Waals surface area contributed by atoms with Crippen LogP contribution in [-0.4, -0.2) is 60.7 Å². The molecule has 2 unspecified atom stereocenters. The number of quaternary nitrogens is 1. The number of likely N-dealkylation sites (N-methyl/N-ethyl adjacent to an activating group) is 1. The van der Waals surface area contributed by atoms with Gasteiger partial charge in [0.05, 0.1) is 27.6 Å². The van der Waals surface area contributed by atoms with Crippen molar-refractivity contribution in [2.24, 2.45) is 0 Å². The summed E-state index contributed by atoms with van der Waals surface area (Å²) < 4.78 is 11.6. The second kappa shape index (κ2) is 17.6. The molecule has 0 heterocycles. The molecule has 0 aliphatic rings. The first-order chi connectivity index (χ1) is 13.6. The quantitative estimate of drug-likeness (QED) is 0.115. The number of aliphatic hydroxyl groups excluding tert-OH is 1. The summed E-state index contributed by atoms with van der Waals surface area (Å²) in [6, 6.07) is 0. The zero-order valence-electron chi connectivity index (χ0n) is 19.0. The third kappa shape index (κ3) is 21.0. The standard InChI is InChI=1S/C21H44NO5PS/c1-5-6-7-8-9-10-11-12-13-14-15-16-21(25)27-28(29)26-19(17-20(23)24)18-22(2,3)4/h19,21,25,28H,5-18H2,1-4H3/p+1/t19?,21-/m1/s1. The Morgan fingerprint density at radius 1 is 0.931 bits per heavy atom. The minimum Gasteiger partial charge on any atom is -0.481 e. The van der Waals surface area contributed by atoms with Crippen molar-refractivity contribution in [1.29, 1.82) is 0 Å². The Hall–Kier alpha value is -0.0400. The SMILES string of the molecule is CCCCCCCCCCCCC[C@H](O)O[PH](=S)OC(CC(=O)O)C[N+](C)(C)C. The molecular weight excluding hydrogens is 409 g/mol. The number of hydrogen-bond donors (Lipinski definition) is 2. The molecule has 0 bridgehead atoms. The molecule has 0 aliphatic heterocycles. The zero-order chi connectivity index (χ0) is 22.1. The van der Waals surface area contributed by atoms with Gasteiger partial charge in [0.2, 0.25) is 0 Å². The van der Waals surface area contributed by atoms with Gasteiger partial charge in [-0.25, -0.2) is 0 Å². The minimum absolute atomic E-state index is 0.113. The molecule has 0 radical (unpaired) electrons. The molecule has 0 fully saturated rings. The van der Waals surface area contributed by atoms with Gasteiger partial charge in [-0.2, -0.15) is 0 Å². The van der Waals surface area contributed by atoms with E-state index >= 15 is 0 Å². The van der Waals surface area contributed by atoms with Gasteiger partial charge in [0, 0.05) is 0 Å². The molecule has 3 atom stereocenters. The largest absolute Gasteiger partial charge is 0.481 e. The predicted octanol–water partition coefficient (Wildman–Crippen LogP) is 5.09. The summed E-state index contributed by atoms with van der Waals surface area (Å²) in [5.74, 6) is -0.922. The van der Waals surface area contributed by atoms with Crippen molar-refractivity contribution in [2.75, 3.05) is 27.7 Å². The minimum atomic E-state index is -2.11. The number of rotatable bonds is 20.